The number of nitrogens with zero attached hydrogens (tertiary/aromatic N) is 4. The van der Waals surface area contributed by atoms with Gasteiger partial charge in [0.1, 0.15) is 5.01 Å². The molecule has 31 heavy (non-hydrogen) atoms. The van der Waals surface area contributed by atoms with Gasteiger partial charge in [0, 0.05) is 55.2 Å². The van der Waals surface area contributed by atoms with Crippen LogP contribution in [0.15, 0.2) is 59.1 Å². The molecule has 1 amide bonds. The number of anilines is 1. The van der Waals surface area contributed by atoms with Crippen LogP contribution in [0, 0.1) is 0 Å². The molecule has 0 unspecified atom stereocenters. The predicted molar refractivity (Wildman–Crippen MR) is 120 cm³/mol. The summed E-state index contributed by atoms with van der Waals surface area (Å²) in [6, 6.07) is 10.1. The molecule has 8 nitrogen and oxygen atoms in total. The first-order valence-electron chi connectivity index (χ1n) is 9.85. The SMILES string of the molecule is CN1CCN(S(=O)(=O)c2ccc(NC(=O)Cc3csc(-c4cccnc4)n3)cc2)CC1. The monoisotopic (exact) mass is 457 g/mol. The van der Waals surface area contributed by atoms with Crippen molar-refractivity contribution in [3.05, 3.63) is 59.9 Å². The van der Waals surface area contributed by atoms with Gasteiger partial charge in [-0.3, -0.25) is 9.78 Å². The molecular formula is C21H23N5O3S2. The number of rotatable bonds is 6. The van der Waals surface area contributed by atoms with Crippen molar-refractivity contribution in [2.75, 3.05) is 38.5 Å². The predicted octanol–water partition coefficient (Wildman–Crippen LogP) is 2.32. The Labute approximate surface area is 185 Å². The van der Waals surface area contributed by atoms with Crippen LogP contribution < -0.4 is 5.32 Å². The molecule has 0 aliphatic carbocycles. The fourth-order valence-electron chi connectivity index (χ4n) is 3.27. The minimum atomic E-state index is -3.52. The third-order valence-electron chi connectivity index (χ3n) is 5.04. The molecule has 1 saturated heterocycles. The summed E-state index contributed by atoms with van der Waals surface area (Å²) < 4.78 is 27.1. The Balaban J connectivity index is 1.37. The number of benzene rings is 1. The molecule has 1 aromatic carbocycles. The number of hydrogen-bond donors (Lipinski definition) is 1. The molecule has 3 aromatic rings. The molecule has 0 bridgehead atoms. The number of amides is 1. The molecule has 2 aromatic heterocycles. The average molecular weight is 458 g/mol. The molecule has 1 aliphatic heterocycles. The second kappa shape index (κ2) is 9.23. The second-order valence-corrected chi connectivity index (χ2v) is 10.1. The van der Waals surface area contributed by atoms with E-state index < -0.39 is 10.0 Å². The number of piperazine rings is 1. The number of pyridine rings is 1. The Bertz CT molecular complexity index is 1140. The number of likely N-dealkylation sites (N-methyl/N-ethyl adjacent to an activating group) is 1. The van der Waals surface area contributed by atoms with Crippen molar-refractivity contribution in [2.45, 2.75) is 11.3 Å². The summed E-state index contributed by atoms with van der Waals surface area (Å²) in [6.45, 7) is 2.39. The molecule has 0 spiro atoms. The average Bonchev–Trinajstić information content (AvgIpc) is 3.23. The lowest BCUT2D eigenvalue weighted by Crippen LogP contribution is -2.46. The zero-order chi connectivity index (χ0) is 21.8. The Kier molecular flexibility index (Phi) is 6.42. The quantitative estimate of drug-likeness (QED) is 0.610. The molecule has 1 fully saturated rings. The molecule has 0 radical (unpaired) electrons. The maximum Gasteiger partial charge on any atom is 0.243 e. The van der Waals surface area contributed by atoms with Gasteiger partial charge in [0.25, 0.3) is 0 Å². The van der Waals surface area contributed by atoms with Gasteiger partial charge in [0.15, 0.2) is 0 Å². The van der Waals surface area contributed by atoms with Crippen molar-refractivity contribution >= 4 is 33.0 Å². The highest BCUT2D eigenvalue weighted by Gasteiger charge is 2.27. The van der Waals surface area contributed by atoms with E-state index in [1.807, 2.05) is 24.6 Å². The Morgan fingerprint density at radius 3 is 2.55 bits per heavy atom. The molecule has 3 heterocycles. The van der Waals surface area contributed by atoms with Crippen molar-refractivity contribution in [1.82, 2.24) is 19.2 Å². The zero-order valence-corrected chi connectivity index (χ0v) is 18.7. The smallest absolute Gasteiger partial charge is 0.243 e. The summed E-state index contributed by atoms with van der Waals surface area (Å²) in [5.74, 6) is -0.210. The summed E-state index contributed by atoms with van der Waals surface area (Å²) in [5, 5.41) is 5.47. The van der Waals surface area contributed by atoms with Crippen molar-refractivity contribution in [2.24, 2.45) is 0 Å². The van der Waals surface area contributed by atoms with Crippen LogP contribution in [-0.2, 0) is 21.2 Å². The number of carbonyl (C=O) groups is 1. The van der Waals surface area contributed by atoms with Gasteiger partial charge in [-0.15, -0.1) is 11.3 Å². The summed E-state index contributed by atoms with van der Waals surface area (Å²) in [5.41, 5.74) is 2.14. The lowest BCUT2D eigenvalue weighted by Gasteiger charge is -2.31. The second-order valence-electron chi connectivity index (χ2n) is 7.34. The van der Waals surface area contributed by atoms with Crippen LogP contribution in [-0.4, -0.2) is 66.7 Å². The fraction of sp³-hybridized carbons (Fsp3) is 0.286. The van der Waals surface area contributed by atoms with Crippen molar-refractivity contribution in [3.63, 3.8) is 0 Å². The number of thiazole rings is 1. The first-order valence-corrected chi connectivity index (χ1v) is 12.2. The van der Waals surface area contributed by atoms with E-state index in [2.05, 4.69) is 20.2 Å². The highest BCUT2D eigenvalue weighted by molar-refractivity contribution is 7.89. The van der Waals surface area contributed by atoms with E-state index in [4.69, 9.17) is 0 Å². The van der Waals surface area contributed by atoms with Crippen LogP contribution in [0.2, 0.25) is 0 Å². The third kappa shape index (κ3) is 5.16. The summed E-state index contributed by atoms with van der Waals surface area (Å²) >= 11 is 1.46. The van der Waals surface area contributed by atoms with E-state index in [-0.39, 0.29) is 17.2 Å². The van der Waals surface area contributed by atoms with E-state index in [9.17, 15) is 13.2 Å². The van der Waals surface area contributed by atoms with Crippen molar-refractivity contribution < 1.29 is 13.2 Å². The van der Waals surface area contributed by atoms with Gasteiger partial charge in [0.2, 0.25) is 15.9 Å². The van der Waals surface area contributed by atoms with Gasteiger partial charge in [-0.25, -0.2) is 13.4 Å². The highest BCUT2D eigenvalue weighted by atomic mass is 32.2. The topological polar surface area (TPSA) is 95.5 Å². The molecular weight excluding hydrogens is 434 g/mol. The first kappa shape index (κ1) is 21.6. The maximum atomic E-state index is 12.8. The minimum Gasteiger partial charge on any atom is -0.326 e. The lowest BCUT2D eigenvalue weighted by atomic mass is 10.2. The Morgan fingerprint density at radius 1 is 1.13 bits per heavy atom. The van der Waals surface area contributed by atoms with Crippen molar-refractivity contribution in [1.29, 1.82) is 0 Å². The first-order chi connectivity index (χ1) is 14.9. The van der Waals surface area contributed by atoms with Crippen LogP contribution in [0.25, 0.3) is 10.6 Å². The van der Waals surface area contributed by atoms with Crippen LogP contribution >= 0.6 is 11.3 Å². The molecule has 0 atom stereocenters. The molecule has 10 heteroatoms. The maximum absolute atomic E-state index is 12.8. The van der Waals surface area contributed by atoms with E-state index in [1.165, 1.54) is 27.8 Å². The van der Waals surface area contributed by atoms with E-state index in [0.29, 0.717) is 37.6 Å². The van der Waals surface area contributed by atoms with Crippen LogP contribution in [0.5, 0.6) is 0 Å². The summed E-state index contributed by atoms with van der Waals surface area (Å²) in [6.07, 6.45) is 3.58. The van der Waals surface area contributed by atoms with Crippen LogP contribution in [0.1, 0.15) is 5.69 Å². The number of nitrogens with one attached hydrogen (secondary N) is 1. The number of aromatic nitrogens is 2. The number of carbonyl (C=O) groups excluding carboxylic acids is 1. The van der Waals surface area contributed by atoms with E-state index >= 15 is 0 Å². The summed E-state index contributed by atoms with van der Waals surface area (Å²) in [7, 11) is -1.54. The van der Waals surface area contributed by atoms with Gasteiger partial charge < -0.3 is 10.2 Å². The van der Waals surface area contributed by atoms with Crippen LogP contribution in [0.3, 0.4) is 0 Å². The molecule has 4 rings (SSSR count). The molecule has 1 aliphatic rings. The van der Waals surface area contributed by atoms with Crippen molar-refractivity contribution in [3.8, 4) is 10.6 Å². The van der Waals surface area contributed by atoms with E-state index in [0.717, 1.165) is 10.6 Å². The fourth-order valence-corrected chi connectivity index (χ4v) is 5.50. The van der Waals surface area contributed by atoms with Gasteiger partial charge >= 0.3 is 0 Å². The van der Waals surface area contributed by atoms with E-state index in [1.54, 1.807) is 24.5 Å². The van der Waals surface area contributed by atoms with Gasteiger partial charge in [-0.2, -0.15) is 4.31 Å². The molecule has 1 N–H and O–H groups in total. The number of sulfonamides is 1. The standard InChI is InChI=1S/C21H23N5O3S2/c1-25-9-11-26(12-10-25)31(28,29)19-6-4-17(5-7-19)23-20(27)13-18-15-30-21(24-18)16-3-2-8-22-14-16/h2-8,14-15H,9-13H2,1H3,(H,23,27). The minimum absolute atomic E-state index is 0.137. The Morgan fingerprint density at radius 2 is 1.87 bits per heavy atom. The Hall–Kier alpha value is -2.66. The van der Waals surface area contributed by atoms with Gasteiger partial charge in [-0.1, -0.05) is 0 Å². The molecule has 162 valence electrons. The van der Waals surface area contributed by atoms with Gasteiger partial charge in [-0.05, 0) is 43.4 Å². The highest BCUT2D eigenvalue weighted by Crippen LogP contribution is 2.23. The third-order valence-corrected chi connectivity index (χ3v) is 7.89. The largest absolute Gasteiger partial charge is 0.326 e. The zero-order valence-electron chi connectivity index (χ0n) is 17.1. The summed E-state index contributed by atoms with van der Waals surface area (Å²) in [4.78, 5) is 23.3. The number of hydrogen-bond acceptors (Lipinski definition) is 7. The van der Waals surface area contributed by atoms with Crippen LogP contribution in [0.4, 0.5) is 5.69 Å². The lowest BCUT2D eigenvalue weighted by molar-refractivity contribution is -0.115. The normalized spacial score (nSPS) is 15.6. The van der Waals surface area contributed by atoms with Gasteiger partial charge in [0.05, 0.1) is 17.0 Å². The molecule has 0 saturated carbocycles.